The molecule has 0 aliphatic carbocycles. The van der Waals surface area contributed by atoms with Crippen LogP contribution in [0.15, 0.2) is 18.2 Å². The first-order valence-corrected chi connectivity index (χ1v) is 5.57. The zero-order valence-corrected chi connectivity index (χ0v) is 9.76. The van der Waals surface area contributed by atoms with Crippen LogP contribution in [0.4, 0.5) is 0 Å². The van der Waals surface area contributed by atoms with E-state index in [0.717, 1.165) is 30.5 Å². The van der Waals surface area contributed by atoms with Crippen molar-refractivity contribution >= 4 is 5.91 Å². The molecule has 2 nitrogen and oxygen atoms in total. The van der Waals surface area contributed by atoms with Gasteiger partial charge in [-0.15, -0.1) is 0 Å². The van der Waals surface area contributed by atoms with Crippen LogP contribution < -0.4 is 5.32 Å². The molecule has 0 fully saturated rings. The monoisotopic (exact) mass is 205 g/mol. The molecule has 0 aliphatic rings. The van der Waals surface area contributed by atoms with Gasteiger partial charge in [0.25, 0.3) is 5.91 Å². The molecule has 82 valence electrons. The minimum Gasteiger partial charge on any atom is -0.352 e. The number of benzene rings is 1. The fraction of sp³-hybridized carbons (Fsp3) is 0.462. The summed E-state index contributed by atoms with van der Waals surface area (Å²) in [5.74, 6) is 0.0531. The molecule has 1 rings (SSSR count). The van der Waals surface area contributed by atoms with Crippen LogP contribution in [0.3, 0.4) is 0 Å². The Labute approximate surface area is 91.7 Å². The van der Waals surface area contributed by atoms with Crippen molar-refractivity contribution < 1.29 is 4.79 Å². The van der Waals surface area contributed by atoms with Crippen LogP contribution in [-0.2, 0) is 6.42 Å². The first-order chi connectivity index (χ1) is 7.20. The Morgan fingerprint density at radius 1 is 1.33 bits per heavy atom. The Morgan fingerprint density at radius 3 is 2.67 bits per heavy atom. The Bertz CT molecular complexity index is 344. The van der Waals surface area contributed by atoms with Gasteiger partial charge in [-0.05, 0) is 37.0 Å². The highest BCUT2D eigenvalue weighted by Gasteiger charge is 2.10. The van der Waals surface area contributed by atoms with Crippen molar-refractivity contribution in [1.82, 2.24) is 5.32 Å². The van der Waals surface area contributed by atoms with E-state index < -0.39 is 0 Å². The molecule has 0 bridgehead atoms. The van der Waals surface area contributed by atoms with E-state index in [0.29, 0.717) is 0 Å². The van der Waals surface area contributed by atoms with Crippen LogP contribution in [0.1, 0.15) is 41.8 Å². The summed E-state index contributed by atoms with van der Waals surface area (Å²) in [6, 6.07) is 5.89. The zero-order valence-electron chi connectivity index (χ0n) is 9.76. The van der Waals surface area contributed by atoms with Crippen LogP contribution >= 0.6 is 0 Å². The normalized spacial score (nSPS) is 10.1. The molecule has 0 saturated heterocycles. The van der Waals surface area contributed by atoms with Gasteiger partial charge in [0.2, 0.25) is 0 Å². The molecule has 1 N–H and O–H groups in total. The van der Waals surface area contributed by atoms with Gasteiger partial charge in [0, 0.05) is 12.1 Å². The first kappa shape index (κ1) is 11.8. The fourth-order valence-corrected chi connectivity index (χ4v) is 1.72. The Hall–Kier alpha value is -1.31. The minimum absolute atomic E-state index is 0.0531. The number of carbonyl (C=O) groups excluding carboxylic acids is 1. The number of hydrogen-bond acceptors (Lipinski definition) is 1. The molecule has 0 radical (unpaired) electrons. The van der Waals surface area contributed by atoms with E-state index in [1.807, 2.05) is 12.1 Å². The molecule has 0 aliphatic heterocycles. The van der Waals surface area contributed by atoms with Gasteiger partial charge in [0.1, 0.15) is 0 Å². The Balaban J connectivity index is 2.92. The van der Waals surface area contributed by atoms with E-state index in [4.69, 9.17) is 0 Å². The molecular formula is C13H19NO. The maximum Gasteiger partial charge on any atom is 0.251 e. The molecule has 0 saturated carbocycles. The second-order valence-corrected chi connectivity index (χ2v) is 3.71. The summed E-state index contributed by atoms with van der Waals surface area (Å²) in [5.41, 5.74) is 3.18. The number of aryl methyl sites for hydroxylation is 1. The van der Waals surface area contributed by atoms with Crippen molar-refractivity contribution in [2.24, 2.45) is 0 Å². The van der Waals surface area contributed by atoms with E-state index in [1.165, 1.54) is 5.56 Å². The molecule has 0 unspecified atom stereocenters. The Morgan fingerprint density at radius 2 is 2.07 bits per heavy atom. The summed E-state index contributed by atoms with van der Waals surface area (Å²) >= 11 is 0. The van der Waals surface area contributed by atoms with Gasteiger partial charge in [0.05, 0.1) is 0 Å². The molecule has 0 spiro atoms. The van der Waals surface area contributed by atoms with Crippen molar-refractivity contribution in [2.45, 2.75) is 33.6 Å². The van der Waals surface area contributed by atoms with E-state index in [2.05, 4.69) is 32.2 Å². The second-order valence-electron chi connectivity index (χ2n) is 3.71. The quantitative estimate of drug-likeness (QED) is 0.804. The van der Waals surface area contributed by atoms with Gasteiger partial charge in [0.15, 0.2) is 0 Å². The molecule has 15 heavy (non-hydrogen) atoms. The Kier molecular flexibility index (Phi) is 4.35. The smallest absolute Gasteiger partial charge is 0.251 e. The number of carbonyl (C=O) groups is 1. The number of rotatable bonds is 4. The SMILES string of the molecule is CCCNC(=O)c1cccc(C)c1CC. The predicted molar refractivity (Wildman–Crippen MR) is 63.2 cm³/mol. The summed E-state index contributed by atoms with van der Waals surface area (Å²) in [4.78, 5) is 11.8. The summed E-state index contributed by atoms with van der Waals surface area (Å²) in [6.07, 6.45) is 1.88. The van der Waals surface area contributed by atoms with E-state index >= 15 is 0 Å². The van der Waals surface area contributed by atoms with Crippen molar-refractivity contribution in [3.8, 4) is 0 Å². The van der Waals surface area contributed by atoms with E-state index in [-0.39, 0.29) is 5.91 Å². The lowest BCUT2D eigenvalue weighted by Gasteiger charge is -2.10. The van der Waals surface area contributed by atoms with Gasteiger partial charge in [-0.1, -0.05) is 26.0 Å². The predicted octanol–water partition coefficient (Wildman–Crippen LogP) is 2.70. The maximum absolute atomic E-state index is 11.8. The lowest BCUT2D eigenvalue weighted by atomic mass is 9.99. The fourth-order valence-electron chi connectivity index (χ4n) is 1.72. The van der Waals surface area contributed by atoms with Gasteiger partial charge in [-0.2, -0.15) is 0 Å². The van der Waals surface area contributed by atoms with E-state index in [1.54, 1.807) is 0 Å². The number of amides is 1. The lowest BCUT2D eigenvalue weighted by molar-refractivity contribution is 0.0952. The third kappa shape index (κ3) is 2.82. The average molecular weight is 205 g/mol. The summed E-state index contributed by atoms with van der Waals surface area (Å²) < 4.78 is 0. The molecule has 1 amide bonds. The molecule has 0 aromatic heterocycles. The number of nitrogens with one attached hydrogen (secondary N) is 1. The summed E-state index contributed by atoms with van der Waals surface area (Å²) in [5, 5.41) is 2.91. The summed E-state index contributed by atoms with van der Waals surface area (Å²) in [7, 11) is 0. The molecule has 1 aromatic carbocycles. The van der Waals surface area contributed by atoms with Crippen molar-refractivity contribution in [1.29, 1.82) is 0 Å². The van der Waals surface area contributed by atoms with Gasteiger partial charge in [-0.3, -0.25) is 4.79 Å². The van der Waals surface area contributed by atoms with Crippen LogP contribution in [0, 0.1) is 6.92 Å². The average Bonchev–Trinajstić information content (AvgIpc) is 2.25. The van der Waals surface area contributed by atoms with Crippen molar-refractivity contribution in [3.63, 3.8) is 0 Å². The van der Waals surface area contributed by atoms with Crippen molar-refractivity contribution in [2.75, 3.05) is 6.54 Å². The molecular weight excluding hydrogens is 186 g/mol. The highest BCUT2D eigenvalue weighted by molar-refractivity contribution is 5.96. The highest BCUT2D eigenvalue weighted by Crippen LogP contribution is 2.14. The van der Waals surface area contributed by atoms with Crippen LogP contribution in [0.25, 0.3) is 0 Å². The van der Waals surface area contributed by atoms with Gasteiger partial charge >= 0.3 is 0 Å². The van der Waals surface area contributed by atoms with Crippen LogP contribution in [-0.4, -0.2) is 12.5 Å². The van der Waals surface area contributed by atoms with Crippen LogP contribution in [0.2, 0.25) is 0 Å². The van der Waals surface area contributed by atoms with Gasteiger partial charge in [-0.25, -0.2) is 0 Å². The topological polar surface area (TPSA) is 29.1 Å². The highest BCUT2D eigenvalue weighted by atomic mass is 16.1. The first-order valence-electron chi connectivity index (χ1n) is 5.57. The molecule has 2 heteroatoms. The number of hydrogen-bond donors (Lipinski definition) is 1. The maximum atomic E-state index is 11.8. The van der Waals surface area contributed by atoms with Crippen molar-refractivity contribution in [3.05, 3.63) is 34.9 Å². The third-order valence-corrected chi connectivity index (χ3v) is 2.54. The largest absolute Gasteiger partial charge is 0.352 e. The van der Waals surface area contributed by atoms with Crippen LogP contribution in [0.5, 0.6) is 0 Å². The van der Waals surface area contributed by atoms with E-state index in [9.17, 15) is 4.79 Å². The second kappa shape index (κ2) is 5.54. The molecule has 0 atom stereocenters. The summed E-state index contributed by atoms with van der Waals surface area (Å²) in [6.45, 7) is 6.93. The lowest BCUT2D eigenvalue weighted by Crippen LogP contribution is -2.25. The molecule has 1 aromatic rings. The van der Waals surface area contributed by atoms with Gasteiger partial charge < -0.3 is 5.32 Å². The third-order valence-electron chi connectivity index (χ3n) is 2.54. The molecule has 0 heterocycles. The zero-order chi connectivity index (χ0) is 11.3. The minimum atomic E-state index is 0.0531. The standard InChI is InChI=1S/C13H19NO/c1-4-9-14-13(15)12-8-6-7-10(3)11(12)5-2/h6-8H,4-5,9H2,1-3H3,(H,14,15).